The lowest BCUT2D eigenvalue weighted by molar-refractivity contribution is -0.117. The molecule has 0 aliphatic carbocycles. The lowest BCUT2D eigenvalue weighted by atomic mass is 10.2. The molecule has 2 aromatic heterocycles. The number of nitrogens with one attached hydrogen (secondary N) is 2. The van der Waals surface area contributed by atoms with Gasteiger partial charge in [0.15, 0.2) is 5.82 Å². The van der Waals surface area contributed by atoms with Crippen LogP contribution in [0.4, 0.5) is 4.79 Å². The average Bonchev–Trinajstić information content (AvgIpc) is 3.12. The third-order valence-electron chi connectivity index (χ3n) is 2.66. The van der Waals surface area contributed by atoms with Crippen LogP contribution < -0.4 is 16.5 Å². The first-order valence-electron chi connectivity index (χ1n) is 6.92. The summed E-state index contributed by atoms with van der Waals surface area (Å²) in [7, 11) is 0. The lowest BCUT2D eigenvalue weighted by Gasteiger charge is -2.08. The number of carbonyl (C=O) groups excluding carboxylic acids is 2. The highest BCUT2D eigenvalue weighted by molar-refractivity contribution is 7.99. The fourth-order valence-electron chi connectivity index (χ4n) is 1.58. The van der Waals surface area contributed by atoms with Gasteiger partial charge in [0.2, 0.25) is 11.1 Å². The number of amides is 3. The minimum Gasteiger partial charge on any atom is -0.338 e. The normalized spacial score (nSPS) is 10.7. The molecule has 0 aromatic carbocycles. The van der Waals surface area contributed by atoms with Crippen LogP contribution in [0.25, 0.3) is 10.7 Å². The van der Waals surface area contributed by atoms with Gasteiger partial charge in [-0.15, -0.1) is 21.5 Å². The Morgan fingerprint density at radius 1 is 1.43 bits per heavy atom. The topological polar surface area (TPSA) is 115 Å². The van der Waals surface area contributed by atoms with Gasteiger partial charge in [0.05, 0.1) is 10.6 Å². The molecule has 124 valence electrons. The quantitative estimate of drug-likeness (QED) is 0.532. The Labute approximate surface area is 141 Å². The summed E-state index contributed by atoms with van der Waals surface area (Å²) in [6.45, 7) is 4.45. The van der Waals surface area contributed by atoms with Crippen molar-refractivity contribution in [1.82, 2.24) is 25.5 Å². The maximum absolute atomic E-state index is 11.7. The monoisotopic (exact) mass is 354 g/mol. The Balaban J connectivity index is 1.84. The van der Waals surface area contributed by atoms with Crippen molar-refractivity contribution in [2.24, 2.45) is 5.92 Å². The van der Waals surface area contributed by atoms with Crippen LogP contribution in [0.3, 0.4) is 0 Å². The van der Waals surface area contributed by atoms with E-state index in [1.165, 1.54) is 16.0 Å². The van der Waals surface area contributed by atoms with Crippen molar-refractivity contribution in [1.29, 1.82) is 0 Å². The number of carbonyl (C=O) groups is 2. The average molecular weight is 354 g/mol. The van der Waals surface area contributed by atoms with E-state index >= 15 is 0 Å². The zero-order chi connectivity index (χ0) is 16.8. The smallest absolute Gasteiger partial charge is 0.321 e. The first kappa shape index (κ1) is 17.3. The van der Waals surface area contributed by atoms with E-state index in [1.807, 2.05) is 31.4 Å². The number of aromatic nitrogens is 3. The highest BCUT2D eigenvalue weighted by Crippen LogP contribution is 2.24. The van der Waals surface area contributed by atoms with E-state index in [4.69, 9.17) is 5.84 Å². The molecule has 3 amide bonds. The zero-order valence-corrected chi connectivity index (χ0v) is 14.4. The Kier molecular flexibility index (Phi) is 5.99. The molecule has 0 aliphatic rings. The van der Waals surface area contributed by atoms with E-state index in [-0.39, 0.29) is 5.75 Å². The molecule has 2 rings (SSSR count). The summed E-state index contributed by atoms with van der Waals surface area (Å²) in [5.41, 5.74) is 0. The van der Waals surface area contributed by atoms with Crippen molar-refractivity contribution >= 4 is 35.0 Å². The minimum atomic E-state index is -0.502. The van der Waals surface area contributed by atoms with Crippen LogP contribution in [-0.2, 0) is 4.79 Å². The Bertz CT molecular complexity index is 668. The second-order valence-electron chi connectivity index (χ2n) is 5.09. The molecular formula is C13H18N6O2S2. The van der Waals surface area contributed by atoms with Crippen LogP contribution in [0, 0.1) is 5.92 Å². The molecule has 2 aromatic rings. The summed E-state index contributed by atoms with van der Waals surface area (Å²) in [6, 6.07) is 3.28. The van der Waals surface area contributed by atoms with Gasteiger partial charge >= 0.3 is 6.03 Å². The van der Waals surface area contributed by atoms with Crippen LogP contribution in [0.15, 0.2) is 22.7 Å². The van der Waals surface area contributed by atoms with Gasteiger partial charge in [-0.05, 0) is 17.4 Å². The molecule has 23 heavy (non-hydrogen) atoms. The summed E-state index contributed by atoms with van der Waals surface area (Å²) in [5, 5.41) is 15.2. The minimum absolute atomic E-state index is 0.0227. The van der Waals surface area contributed by atoms with Crippen LogP contribution in [0.1, 0.15) is 13.8 Å². The third-order valence-corrected chi connectivity index (χ3v) is 4.47. The summed E-state index contributed by atoms with van der Waals surface area (Å²) in [4.78, 5) is 24.1. The molecule has 0 fully saturated rings. The Morgan fingerprint density at radius 3 is 2.87 bits per heavy atom. The predicted octanol–water partition coefficient (Wildman–Crippen LogP) is 1.29. The van der Waals surface area contributed by atoms with E-state index in [9.17, 15) is 9.59 Å². The van der Waals surface area contributed by atoms with Crippen LogP contribution in [0.2, 0.25) is 0 Å². The molecule has 0 radical (unpaired) electrons. The Hall–Kier alpha value is -2.07. The fourth-order valence-corrected chi connectivity index (χ4v) is 2.95. The highest BCUT2D eigenvalue weighted by atomic mass is 32.2. The number of rotatable bonds is 6. The van der Waals surface area contributed by atoms with Crippen LogP contribution >= 0.6 is 23.1 Å². The number of thiophene rings is 1. The van der Waals surface area contributed by atoms with Gasteiger partial charge in [-0.3, -0.25) is 10.1 Å². The standard InChI is InChI=1S/C13H18N6O2S2/c1-8(2)6-15-12(21)16-10(20)7-23-13-18-17-11(19(13)14)9-4-3-5-22-9/h3-5,8H,6-7,14H2,1-2H3,(H2,15,16,20,21). The summed E-state index contributed by atoms with van der Waals surface area (Å²) < 4.78 is 1.34. The van der Waals surface area contributed by atoms with Crippen molar-refractivity contribution in [2.75, 3.05) is 18.1 Å². The highest BCUT2D eigenvalue weighted by Gasteiger charge is 2.15. The number of hydrogen-bond donors (Lipinski definition) is 3. The van der Waals surface area contributed by atoms with Crippen molar-refractivity contribution in [3.05, 3.63) is 17.5 Å². The number of hydrogen-bond acceptors (Lipinski definition) is 7. The third kappa shape index (κ3) is 4.96. The lowest BCUT2D eigenvalue weighted by Crippen LogP contribution is -2.41. The fraction of sp³-hybridized carbons (Fsp3) is 0.385. The first-order valence-corrected chi connectivity index (χ1v) is 8.78. The number of nitrogens with two attached hydrogens (primary N) is 1. The number of nitrogen functional groups attached to an aromatic ring is 1. The van der Waals surface area contributed by atoms with Gasteiger partial charge < -0.3 is 11.2 Å². The second-order valence-corrected chi connectivity index (χ2v) is 6.98. The van der Waals surface area contributed by atoms with Crippen LogP contribution in [0.5, 0.6) is 0 Å². The second kappa shape index (κ2) is 7.97. The number of nitrogens with zero attached hydrogens (tertiary/aromatic N) is 3. The number of thioether (sulfide) groups is 1. The van der Waals surface area contributed by atoms with E-state index < -0.39 is 11.9 Å². The van der Waals surface area contributed by atoms with E-state index in [0.29, 0.717) is 23.4 Å². The zero-order valence-electron chi connectivity index (χ0n) is 12.8. The van der Waals surface area contributed by atoms with Gasteiger partial charge in [-0.25, -0.2) is 9.47 Å². The molecule has 0 saturated heterocycles. The van der Waals surface area contributed by atoms with Gasteiger partial charge in [0.1, 0.15) is 0 Å². The molecule has 0 aliphatic heterocycles. The molecule has 0 bridgehead atoms. The van der Waals surface area contributed by atoms with Crippen LogP contribution in [-0.4, -0.2) is 39.1 Å². The molecule has 0 spiro atoms. The molecule has 0 atom stereocenters. The van der Waals surface area contributed by atoms with Crippen molar-refractivity contribution in [2.45, 2.75) is 19.0 Å². The predicted molar refractivity (Wildman–Crippen MR) is 90.6 cm³/mol. The SMILES string of the molecule is CC(C)CNC(=O)NC(=O)CSc1nnc(-c2cccs2)n1N. The number of urea groups is 1. The van der Waals surface area contributed by atoms with Crippen molar-refractivity contribution in [3.63, 3.8) is 0 Å². The molecule has 4 N–H and O–H groups in total. The van der Waals surface area contributed by atoms with Gasteiger partial charge in [0, 0.05) is 6.54 Å². The van der Waals surface area contributed by atoms with Gasteiger partial charge in [0.25, 0.3) is 0 Å². The first-order chi connectivity index (χ1) is 11.0. The molecule has 0 unspecified atom stereocenters. The molecule has 0 saturated carbocycles. The molecule has 2 heterocycles. The largest absolute Gasteiger partial charge is 0.338 e. The van der Waals surface area contributed by atoms with E-state index in [0.717, 1.165) is 16.6 Å². The molecular weight excluding hydrogens is 336 g/mol. The molecule has 10 heteroatoms. The summed E-state index contributed by atoms with van der Waals surface area (Å²) in [6.07, 6.45) is 0. The Morgan fingerprint density at radius 2 is 2.22 bits per heavy atom. The number of imide groups is 1. The summed E-state index contributed by atoms with van der Waals surface area (Å²) >= 11 is 2.62. The maximum atomic E-state index is 11.7. The maximum Gasteiger partial charge on any atom is 0.321 e. The van der Waals surface area contributed by atoms with E-state index in [2.05, 4.69) is 20.8 Å². The van der Waals surface area contributed by atoms with Gasteiger partial charge in [-0.2, -0.15) is 0 Å². The van der Waals surface area contributed by atoms with Gasteiger partial charge in [-0.1, -0.05) is 31.7 Å². The molecule has 8 nitrogen and oxygen atoms in total. The van der Waals surface area contributed by atoms with Crippen molar-refractivity contribution in [3.8, 4) is 10.7 Å². The van der Waals surface area contributed by atoms with Crippen molar-refractivity contribution < 1.29 is 9.59 Å². The van der Waals surface area contributed by atoms with E-state index in [1.54, 1.807) is 0 Å². The summed E-state index contributed by atoms with van der Waals surface area (Å²) in [5.74, 6) is 6.39.